The molecule has 0 spiro atoms. The Hall–Kier alpha value is -0.810. The number of carbonyl (C=O) groups is 1. The Morgan fingerprint density at radius 3 is 2.55 bits per heavy atom. The van der Waals surface area contributed by atoms with Gasteiger partial charge < -0.3 is 11.1 Å². The molecule has 1 aromatic carbocycles. The SMILES string of the molecule is CC1CC(NC(=O)[C@@H](C)N)CCN1Cc1ccccc1.Cl.Cl. The average Bonchev–Trinajstić information content (AvgIpc) is 2.43. The molecule has 1 aliphatic rings. The van der Waals surface area contributed by atoms with Crippen LogP contribution in [0.2, 0.25) is 0 Å². The van der Waals surface area contributed by atoms with Gasteiger partial charge in [0.05, 0.1) is 6.04 Å². The lowest BCUT2D eigenvalue weighted by molar-refractivity contribution is -0.123. The molecule has 22 heavy (non-hydrogen) atoms. The number of likely N-dealkylation sites (tertiary alicyclic amines) is 1. The smallest absolute Gasteiger partial charge is 0.236 e. The molecule has 126 valence electrons. The van der Waals surface area contributed by atoms with Crippen molar-refractivity contribution in [3.05, 3.63) is 35.9 Å². The van der Waals surface area contributed by atoms with Gasteiger partial charge in [0, 0.05) is 25.2 Å². The van der Waals surface area contributed by atoms with E-state index in [0.717, 1.165) is 25.9 Å². The minimum atomic E-state index is -0.423. The molecule has 1 heterocycles. The summed E-state index contributed by atoms with van der Waals surface area (Å²) in [5, 5.41) is 3.04. The Morgan fingerprint density at radius 2 is 2.00 bits per heavy atom. The van der Waals surface area contributed by atoms with E-state index in [9.17, 15) is 4.79 Å². The molecule has 6 heteroatoms. The van der Waals surface area contributed by atoms with E-state index in [1.807, 2.05) is 6.07 Å². The highest BCUT2D eigenvalue weighted by molar-refractivity contribution is 5.85. The third kappa shape index (κ3) is 6.13. The Kier molecular flexibility index (Phi) is 9.69. The highest BCUT2D eigenvalue weighted by Crippen LogP contribution is 2.19. The molecule has 1 aliphatic heterocycles. The molecule has 0 radical (unpaired) electrons. The van der Waals surface area contributed by atoms with Crippen molar-refractivity contribution in [2.24, 2.45) is 5.73 Å². The van der Waals surface area contributed by atoms with Crippen LogP contribution in [0.1, 0.15) is 32.3 Å². The zero-order valence-electron chi connectivity index (χ0n) is 13.2. The van der Waals surface area contributed by atoms with Crippen molar-refractivity contribution in [2.45, 2.75) is 51.4 Å². The van der Waals surface area contributed by atoms with Gasteiger partial charge in [-0.25, -0.2) is 0 Å². The van der Waals surface area contributed by atoms with Gasteiger partial charge in [0.15, 0.2) is 0 Å². The molecular weight excluding hydrogens is 321 g/mol. The summed E-state index contributed by atoms with van der Waals surface area (Å²) >= 11 is 0. The predicted octanol–water partition coefficient (Wildman–Crippen LogP) is 2.35. The number of hydrogen-bond donors (Lipinski definition) is 2. The van der Waals surface area contributed by atoms with Crippen LogP contribution in [-0.4, -0.2) is 35.5 Å². The van der Waals surface area contributed by atoms with E-state index in [-0.39, 0.29) is 36.8 Å². The van der Waals surface area contributed by atoms with Crippen molar-refractivity contribution < 1.29 is 4.79 Å². The van der Waals surface area contributed by atoms with Crippen LogP contribution < -0.4 is 11.1 Å². The van der Waals surface area contributed by atoms with E-state index in [1.54, 1.807) is 6.92 Å². The van der Waals surface area contributed by atoms with Gasteiger partial charge in [-0.15, -0.1) is 24.8 Å². The standard InChI is InChI=1S/C16H25N3O.2ClH/c1-12-10-15(18-16(20)13(2)17)8-9-19(12)11-14-6-4-3-5-7-14;;/h3-7,12-13,15H,8-11,17H2,1-2H3,(H,18,20);2*1H/t12?,13-,15?;;/m1../s1. The average molecular weight is 348 g/mol. The molecule has 3 N–H and O–H groups in total. The maximum absolute atomic E-state index is 11.6. The van der Waals surface area contributed by atoms with Crippen LogP contribution in [0.5, 0.6) is 0 Å². The van der Waals surface area contributed by atoms with Crippen molar-refractivity contribution in [3.8, 4) is 0 Å². The number of halogens is 2. The molecule has 3 atom stereocenters. The first-order valence-corrected chi connectivity index (χ1v) is 7.40. The monoisotopic (exact) mass is 347 g/mol. The number of rotatable bonds is 4. The van der Waals surface area contributed by atoms with Gasteiger partial charge in [-0.3, -0.25) is 9.69 Å². The fourth-order valence-electron chi connectivity index (χ4n) is 2.74. The summed E-state index contributed by atoms with van der Waals surface area (Å²) in [6, 6.07) is 10.8. The van der Waals surface area contributed by atoms with Crippen LogP contribution in [0.25, 0.3) is 0 Å². The first-order valence-electron chi connectivity index (χ1n) is 7.40. The summed E-state index contributed by atoms with van der Waals surface area (Å²) in [7, 11) is 0. The van der Waals surface area contributed by atoms with Crippen LogP contribution in [0.4, 0.5) is 0 Å². The molecule has 1 fully saturated rings. The third-order valence-corrected chi connectivity index (χ3v) is 4.00. The lowest BCUT2D eigenvalue weighted by Gasteiger charge is -2.38. The molecule has 2 rings (SSSR count). The number of nitrogens with one attached hydrogen (secondary N) is 1. The summed E-state index contributed by atoms with van der Waals surface area (Å²) in [5.74, 6) is -0.0429. The molecule has 0 aliphatic carbocycles. The lowest BCUT2D eigenvalue weighted by atomic mass is 9.97. The second-order valence-electron chi connectivity index (χ2n) is 5.82. The molecule has 4 nitrogen and oxygen atoms in total. The van der Waals surface area contributed by atoms with Gasteiger partial charge in [-0.1, -0.05) is 30.3 Å². The Bertz CT molecular complexity index is 442. The second-order valence-corrected chi connectivity index (χ2v) is 5.82. The molecule has 1 amide bonds. The maximum atomic E-state index is 11.6. The summed E-state index contributed by atoms with van der Waals surface area (Å²) in [6.45, 7) is 5.95. The van der Waals surface area contributed by atoms with Crippen molar-refractivity contribution >= 4 is 30.7 Å². The van der Waals surface area contributed by atoms with Crippen LogP contribution >= 0.6 is 24.8 Å². The second kappa shape index (κ2) is 10.1. The van der Waals surface area contributed by atoms with Crippen molar-refractivity contribution in [1.29, 1.82) is 0 Å². The van der Waals surface area contributed by atoms with E-state index in [4.69, 9.17) is 5.73 Å². The molecule has 1 aromatic rings. The Balaban J connectivity index is 0.00000220. The first kappa shape index (κ1) is 21.2. The Morgan fingerprint density at radius 1 is 1.36 bits per heavy atom. The predicted molar refractivity (Wildman–Crippen MR) is 95.6 cm³/mol. The lowest BCUT2D eigenvalue weighted by Crippen LogP contribution is -2.51. The number of carbonyl (C=O) groups excluding carboxylic acids is 1. The van der Waals surface area contributed by atoms with Gasteiger partial charge in [0.2, 0.25) is 5.91 Å². The number of hydrogen-bond acceptors (Lipinski definition) is 3. The minimum absolute atomic E-state index is 0. The highest BCUT2D eigenvalue weighted by atomic mass is 35.5. The van der Waals surface area contributed by atoms with Crippen molar-refractivity contribution in [3.63, 3.8) is 0 Å². The van der Waals surface area contributed by atoms with E-state index < -0.39 is 6.04 Å². The zero-order valence-corrected chi connectivity index (χ0v) is 14.8. The number of amides is 1. The van der Waals surface area contributed by atoms with Crippen LogP contribution in [0.15, 0.2) is 30.3 Å². The highest BCUT2D eigenvalue weighted by Gasteiger charge is 2.26. The van der Waals surface area contributed by atoms with Crippen LogP contribution in [0, 0.1) is 0 Å². The minimum Gasteiger partial charge on any atom is -0.352 e. The van der Waals surface area contributed by atoms with Crippen LogP contribution in [0.3, 0.4) is 0 Å². The third-order valence-electron chi connectivity index (χ3n) is 4.00. The van der Waals surface area contributed by atoms with Gasteiger partial charge in [-0.2, -0.15) is 0 Å². The quantitative estimate of drug-likeness (QED) is 0.878. The fraction of sp³-hybridized carbons (Fsp3) is 0.562. The number of nitrogens with two attached hydrogens (primary N) is 1. The van der Waals surface area contributed by atoms with E-state index in [1.165, 1.54) is 5.56 Å². The van der Waals surface area contributed by atoms with Crippen molar-refractivity contribution in [2.75, 3.05) is 6.54 Å². The summed E-state index contributed by atoms with van der Waals surface area (Å²) in [4.78, 5) is 14.1. The Labute approximate surface area is 145 Å². The topological polar surface area (TPSA) is 58.4 Å². The molecule has 1 saturated heterocycles. The molecule has 0 bridgehead atoms. The number of benzene rings is 1. The maximum Gasteiger partial charge on any atom is 0.236 e. The van der Waals surface area contributed by atoms with Crippen molar-refractivity contribution in [1.82, 2.24) is 10.2 Å². The van der Waals surface area contributed by atoms with E-state index in [0.29, 0.717) is 6.04 Å². The number of piperidine rings is 1. The molecular formula is C16H27Cl2N3O. The summed E-state index contributed by atoms with van der Waals surface area (Å²) in [6.07, 6.45) is 1.99. The summed E-state index contributed by atoms with van der Waals surface area (Å²) < 4.78 is 0. The molecule has 0 saturated carbocycles. The zero-order chi connectivity index (χ0) is 14.5. The van der Waals surface area contributed by atoms with Gasteiger partial charge in [0.1, 0.15) is 0 Å². The summed E-state index contributed by atoms with van der Waals surface area (Å²) in [5.41, 5.74) is 6.94. The molecule has 0 aromatic heterocycles. The normalized spacial score (nSPS) is 22.9. The molecule has 2 unspecified atom stereocenters. The van der Waals surface area contributed by atoms with Gasteiger partial charge in [0.25, 0.3) is 0 Å². The first-order chi connectivity index (χ1) is 9.56. The largest absolute Gasteiger partial charge is 0.352 e. The fourth-order valence-corrected chi connectivity index (χ4v) is 2.74. The van der Waals surface area contributed by atoms with Gasteiger partial charge in [-0.05, 0) is 32.3 Å². The number of nitrogens with zero attached hydrogens (tertiary/aromatic N) is 1. The van der Waals surface area contributed by atoms with Crippen LogP contribution in [-0.2, 0) is 11.3 Å². The van der Waals surface area contributed by atoms with E-state index in [2.05, 4.69) is 41.4 Å². The van der Waals surface area contributed by atoms with Gasteiger partial charge >= 0.3 is 0 Å². The van der Waals surface area contributed by atoms with E-state index >= 15 is 0 Å².